The number of pyridine rings is 1. The van der Waals surface area contributed by atoms with Gasteiger partial charge in [-0.05, 0) is 56.7 Å². The van der Waals surface area contributed by atoms with Crippen LogP contribution in [0.4, 0.5) is 0 Å². The first-order valence-electron chi connectivity index (χ1n) is 13.7. The molecular weight excluding hydrogens is 510 g/mol. The molecule has 0 unspecified atom stereocenters. The van der Waals surface area contributed by atoms with Crippen molar-refractivity contribution >= 4 is 22.9 Å². The molecule has 9 nitrogen and oxygen atoms in total. The van der Waals surface area contributed by atoms with E-state index in [4.69, 9.17) is 14.7 Å². The number of ether oxygens (including phenoxy) is 1. The third-order valence-electron chi connectivity index (χ3n) is 7.03. The molecule has 1 amide bonds. The number of rotatable bonds is 14. The first-order chi connectivity index (χ1) is 19.0. The molecule has 0 aliphatic carbocycles. The van der Waals surface area contributed by atoms with E-state index < -0.39 is 0 Å². The first-order valence-corrected chi connectivity index (χ1v) is 14.6. The summed E-state index contributed by atoms with van der Waals surface area (Å²) in [5.41, 5.74) is 3.39. The first kappa shape index (κ1) is 28.7. The van der Waals surface area contributed by atoms with Crippen LogP contribution in [0.15, 0.2) is 48.1 Å². The Balaban J connectivity index is 1.65. The topological polar surface area (TPSA) is 87.9 Å². The second-order valence-electron chi connectivity index (χ2n) is 9.35. The van der Waals surface area contributed by atoms with Gasteiger partial charge < -0.3 is 15.0 Å². The van der Waals surface area contributed by atoms with E-state index in [1.54, 1.807) is 34.2 Å². The summed E-state index contributed by atoms with van der Waals surface area (Å²) in [7, 11) is 0. The Morgan fingerprint density at radius 3 is 2.56 bits per heavy atom. The summed E-state index contributed by atoms with van der Waals surface area (Å²) in [6.07, 6.45) is 3.64. The van der Waals surface area contributed by atoms with E-state index in [2.05, 4.69) is 54.8 Å². The molecule has 0 aliphatic rings. The molecule has 39 heavy (non-hydrogen) atoms. The van der Waals surface area contributed by atoms with Crippen molar-refractivity contribution in [2.24, 2.45) is 0 Å². The molecule has 4 heterocycles. The molecule has 0 radical (unpaired) electrons. The normalized spacial score (nSPS) is 12.4. The maximum absolute atomic E-state index is 13.3. The lowest BCUT2D eigenvalue weighted by molar-refractivity contribution is 0.0937. The van der Waals surface area contributed by atoms with Crippen LogP contribution in [-0.2, 0) is 0 Å². The van der Waals surface area contributed by atoms with Gasteiger partial charge >= 0.3 is 0 Å². The molecule has 10 heteroatoms. The quantitative estimate of drug-likeness (QED) is 0.244. The molecule has 0 saturated carbocycles. The molecule has 4 aromatic heterocycles. The van der Waals surface area contributed by atoms with Crippen LogP contribution in [0.1, 0.15) is 45.0 Å². The molecule has 0 aromatic carbocycles. The van der Waals surface area contributed by atoms with E-state index in [1.807, 2.05) is 29.8 Å². The van der Waals surface area contributed by atoms with Crippen LogP contribution in [0.5, 0.6) is 5.88 Å². The molecule has 0 fully saturated rings. The van der Waals surface area contributed by atoms with Gasteiger partial charge in [0.25, 0.3) is 5.91 Å². The minimum Gasteiger partial charge on any atom is -0.476 e. The molecule has 0 spiro atoms. The fourth-order valence-electron chi connectivity index (χ4n) is 4.60. The highest BCUT2D eigenvalue weighted by Crippen LogP contribution is 2.28. The monoisotopic (exact) mass is 549 g/mol. The molecule has 1 atom stereocenters. The number of carbonyl (C=O) groups is 1. The van der Waals surface area contributed by atoms with Crippen molar-refractivity contribution in [3.8, 4) is 27.7 Å². The van der Waals surface area contributed by atoms with Gasteiger partial charge in [0.2, 0.25) is 5.88 Å². The van der Waals surface area contributed by atoms with Crippen molar-refractivity contribution in [2.75, 3.05) is 45.9 Å². The van der Waals surface area contributed by atoms with Crippen LogP contribution < -0.4 is 10.1 Å². The predicted molar refractivity (Wildman–Crippen MR) is 158 cm³/mol. The number of nitrogens with zero attached hydrogens (tertiary/aromatic N) is 6. The lowest BCUT2D eigenvalue weighted by Crippen LogP contribution is -2.42. The Morgan fingerprint density at radius 2 is 1.87 bits per heavy atom. The van der Waals surface area contributed by atoms with Gasteiger partial charge in [0, 0.05) is 37.0 Å². The van der Waals surface area contributed by atoms with E-state index in [-0.39, 0.29) is 11.9 Å². The van der Waals surface area contributed by atoms with Gasteiger partial charge in [-0.2, -0.15) is 5.10 Å². The van der Waals surface area contributed by atoms with Crippen LogP contribution in [0.25, 0.3) is 27.5 Å². The number of nitrogens with one attached hydrogen (secondary N) is 1. The highest BCUT2D eigenvalue weighted by atomic mass is 32.1. The number of aromatic nitrogens is 4. The molecule has 0 saturated heterocycles. The number of likely N-dealkylation sites (N-methyl/N-ethyl adjacent to an activating group) is 2. The minimum atomic E-state index is -0.157. The fraction of sp³-hybridized carbons (Fsp3) is 0.448. The van der Waals surface area contributed by atoms with Crippen molar-refractivity contribution in [3.05, 3.63) is 53.7 Å². The number of fused-ring (bicyclic) bond motifs is 1. The zero-order chi connectivity index (χ0) is 27.8. The molecule has 4 rings (SSSR count). The van der Waals surface area contributed by atoms with Crippen molar-refractivity contribution < 1.29 is 9.53 Å². The van der Waals surface area contributed by atoms with E-state index in [1.165, 1.54) is 0 Å². The van der Waals surface area contributed by atoms with Crippen molar-refractivity contribution in [1.29, 1.82) is 0 Å². The Kier molecular flexibility index (Phi) is 10.0. The van der Waals surface area contributed by atoms with Crippen molar-refractivity contribution in [3.63, 3.8) is 0 Å². The van der Waals surface area contributed by atoms with Crippen LogP contribution >= 0.6 is 11.3 Å². The number of hydrogen-bond acceptors (Lipinski definition) is 8. The van der Waals surface area contributed by atoms with Crippen molar-refractivity contribution in [2.45, 2.75) is 40.7 Å². The Morgan fingerprint density at radius 1 is 1.08 bits per heavy atom. The number of thiophene rings is 1. The van der Waals surface area contributed by atoms with E-state index >= 15 is 0 Å². The molecule has 0 aliphatic heterocycles. The molecular formula is C29H39N7O2S. The highest BCUT2D eigenvalue weighted by molar-refractivity contribution is 7.13. The zero-order valence-electron chi connectivity index (χ0n) is 23.6. The summed E-state index contributed by atoms with van der Waals surface area (Å²) in [5.74, 6) is 0.255. The summed E-state index contributed by atoms with van der Waals surface area (Å²) in [4.78, 5) is 28.7. The lowest BCUT2D eigenvalue weighted by Gasteiger charge is -2.26. The third-order valence-corrected chi connectivity index (χ3v) is 7.92. The number of amides is 1. The summed E-state index contributed by atoms with van der Waals surface area (Å²) in [6.45, 7) is 16.2. The van der Waals surface area contributed by atoms with Gasteiger partial charge in [0.1, 0.15) is 6.61 Å². The SMILES string of the molecule is CCN(CC)CCOc1cc(C(=O)NC[C@H](C)N(CC)CC)cc(-c2cnn3ccc(-c4cccs4)nc23)n1. The summed E-state index contributed by atoms with van der Waals surface area (Å²) < 4.78 is 7.81. The fourth-order valence-corrected chi connectivity index (χ4v) is 5.29. The van der Waals surface area contributed by atoms with Crippen LogP contribution in [-0.4, -0.2) is 87.2 Å². The number of carbonyl (C=O) groups excluding carboxylic acids is 1. The second kappa shape index (κ2) is 13.6. The third kappa shape index (κ3) is 7.00. The second-order valence-corrected chi connectivity index (χ2v) is 10.3. The van der Waals surface area contributed by atoms with Crippen molar-refractivity contribution in [1.82, 2.24) is 34.7 Å². The lowest BCUT2D eigenvalue weighted by atomic mass is 10.1. The van der Waals surface area contributed by atoms with E-state index in [0.717, 1.165) is 48.9 Å². The molecule has 1 N–H and O–H groups in total. The number of hydrogen-bond donors (Lipinski definition) is 1. The summed E-state index contributed by atoms with van der Waals surface area (Å²) in [5, 5.41) is 9.62. The smallest absolute Gasteiger partial charge is 0.251 e. The average molecular weight is 550 g/mol. The summed E-state index contributed by atoms with van der Waals surface area (Å²) >= 11 is 1.64. The Bertz CT molecular complexity index is 1350. The zero-order valence-corrected chi connectivity index (χ0v) is 24.4. The highest BCUT2D eigenvalue weighted by Gasteiger charge is 2.18. The molecule has 208 valence electrons. The predicted octanol–water partition coefficient (Wildman–Crippen LogP) is 4.70. The largest absolute Gasteiger partial charge is 0.476 e. The van der Waals surface area contributed by atoms with Crippen LogP contribution in [0.2, 0.25) is 0 Å². The Hall–Kier alpha value is -3.34. The van der Waals surface area contributed by atoms with Crippen LogP contribution in [0, 0.1) is 0 Å². The average Bonchev–Trinajstić information content (AvgIpc) is 3.65. The molecule has 0 bridgehead atoms. The van der Waals surface area contributed by atoms with Gasteiger partial charge in [0.15, 0.2) is 5.65 Å². The van der Waals surface area contributed by atoms with Gasteiger partial charge in [-0.15, -0.1) is 11.3 Å². The van der Waals surface area contributed by atoms with Gasteiger partial charge in [0.05, 0.1) is 28.0 Å². The van der Waals surface area contributed by atoms with Gasteiger partial charge in [-0.1, -0.05) is 33.8 Å². The summed E-state index contributed by atoms with van der Waals surface area (Å²) in [6, 6.07) is 9.75. The van der Waals surface area contributed by atoms with Gasteiger partial charge in [-0.25, -0.2) is 14.5 Å². The minimum absolute atomic E-state index is 0.157. The standard InChI is InChI=1S/C29H39N7O2S/c1-6-34(7-2)14-15-38-27-18-22(29(37)30-19-21(5)35(8-3)9-4)17-25(32-27)23-20-31-36-13-12-24(33-28(23)36)26-11-10-16-39-26/h10-13,16-18,20-21H,6-9,14-15,19H2,1-5H3,(H,30,37)/t21-/m0/s1. The van der Waals surface area contributed by atoms with Gasteiger partial charge in [-0.3, -0.25) is 9.69 Å². The maximum atomic E-state index is 13.3. The maximum Gasteiger partial charge on any atom is 0.251 e. The van der Waals surface area contributed by atoms with Crippen LogP contribution in [0.3, 0.4) is 0 Å². The Labute approximate surface area is 234 Å². The molecule has 4 aromatic rings. The van der Waals surface area contributed by atoms with E-state index in [9.17, 15) is 4.79 Å². The van der Waals surface area contributed by atoms with E-state index in [0.29, 0.717) is 35.9 Å².